The van der Waals surface area contributed by atoms with Crippen molar-refractivity contribution in [1.29, 1.82) is 0 Å². The second kappa shape index (κ2) is 8.95. The average Bonchev–Trinajstić information content (AvgIpc) is 3.07. The van der Waals surface area contributed by atoms with Gasteiger partial charge in [-0.25, -0.2) is 4.98 Å². The van der Waals surface area contributed by atoms with Gasteiger partial charge in [-0.05, 0) is 42.9 Å². The van der Waals surface area contributed by atoms with Crippen molar-refractivity contribution >= 4 is 23.4 Å². The topological polar surface area (TPSA) is 72.2 Å². The third-order valence-electron chi connectivity index (χ3n) is 4.94. The first kappa shape index (κ1) is 21.3. The zero-order chi connectivity index (χ0) is 21.1. The predicted octanol–water partition coefficient (Wildman–Crippen LogP) is 4.47. The minimum absolute atomic E-state index is 0.0175. The summed E-state index contributed by atoms with van der Waals surface area (Å²) in [5.74, 6) is 1.61. The molecule has 0 saturated heterocycles. The van der Waals surface area contributed by atoms with Gasteiger partial charge in [-0.2, -0.15) is 0 Å². The Kier molecular flexibility index (Phi) is 6.57. The van der Waals surface area contributed by atoms with Crippen LogP contribution in [0.4, 0.5) is 0 Å². The normalized spacial score (nSPS) is 12.7. The molecule has 2 heterocycles. The molecule has 1 atom stereocenters. The Morgan fingerprint density at radius 1 is 1.07 bits per heavy atom. The largest absolute Gasteiger partial charge is 0.348 e. The molecule has 3 aromatic rings. The van der Waals surface area contributed by atoms with Crippen LogP contribution < -0.4 is 5.32 Å². The number of thioether (sulfide) groups is 1. The summed E-state index contributed by atoms with van der Waals surface area (Å²) in [5, 5.41) is 12.2. The van der Waals surface area contributed by atoms with E-state index >= 15 is 0 Å². The summed E-state index contributed by atoms with van der Waals surface area (Å²) in [4.78, 5) is 17.1. The van der Waals surface area contributed by atoms with Crippen molar-refractivity contribution < 1.29 is 4.79 Å². The summed E-state index contributed by atoms with van der Waals surface area (Å²) in [7, 11) is 0. The van der Waals surface area contributed by atoms with Crippen molar-refractivity contribution in [2.75, 3.05) is 5.75 Å². The quantitative estimate of drug-likeness (QED) is 0.581. The predicted molar refractivity (Wildman–Crippen MR) is 117 cm³/mol. The number of hydrogen-bond donors (Lipinski definition) is 1. The summed E-state index contributed by atoms with van der Waals surface area (Å²) >= 11 is 1.38. The zero-order valence-corrected chi connectivity index (χ0v) is 18.7. The lowest BCUT2D eigenvalue weighted by Gasteiger charge is -2.23. The molecular formula is C22H29N5OS. The summed E-state index contributed by atoms with van der Waals surface area (Å²) in [6.07, 6.45) is 0. The first-order valence-corrected chi connectivity index (χ1v) is 11.0. The molecule has 0 saturated carbocycles. The highest BCUT2D eigenvalue weighted by molar-refractivity contribution is 7.99. The number of hydrogen-bond acceptors (Lipinski definition) is 5. The van der Waals surface area contributed by atoms with Crippen LogP contribution in [0.3, 0.4) is 0 Å². The number of nitrogens with one attached hydrogen (secondary N) is 1. The molecule has 0 radical (unpaired) electrons. The van der Waals surface area contributed by atoms with Crippen LogP contribution in [0.15, 0.2) is 35.5 Å². The maximum Gasteiger partial charge on any atom is 0.256 e. The van der Waals surface area contributed by atoms with E-state index in [4.69, 9.17) is 0 Å². The standard InChI is InChI=1S/C22H29N5OS/c1-13(2)17-7-9-18(10-8-17)20(14(3)4)24-19(28)12-29-22-26-25-21-23-15(5)11-16(6)27(21)22/h7-11,13-14,20H,12H2,1-6H3,(H,24,28)/t20-/m0/s1. The first-order valence-electron chi connectivity index (χ1n) is 9.97. The minimum atomic E-state index is -0.0227. The molecule has 6 nitrogen and oxygen atoms in total. The maximum atomic E-state index is 12.7. The highest BCUT2D eigenvalue weighted by atomic mass is 32.2. The monoisotopic (exact) mass is 411 g/mol. The lowest BCUT2D eigenvalue weighted by Crippen LogP contribution is -2.33. The number of aryl methyl sites for hydroxylation is 2. The average molecular weight is 412 g/mol. The van der Waals surface area contributed by atoms with Crippen molar-refractivity contribution in [1.82, 2.24) is 24.9 Å². The Morgan fingerprint density at radius 3 is 2.34 bits per heavy atom. The molecule has 1 amide bonds. The van der Waals surface area contributed by atoms with E-state index in [0.29, 0.717) is 16.9 Å². The number of rotatable bonds is 7. The van der Waals surface area contributed by atoms with Gasteiger partial charge in [0.05, 0.1) is 11.8 Å². The molecule has 1 N–H and O–H groups in total. The van der Waals surface area contributed by atoms with Gasteiger partial charge in [-0.15, -0.1) is 10.2 Å². The summed E-state index contributed by atoms with van der Waals surface area (Å²) in [5.41, 5.74) is 4.34. The summed E-state index contributed by atoms with van der Waals surface area (Å²) in [6.45, 7) is 12.5. The number of amides is 1. The minimum Gasteiger partial charge on any atom is -0.348 e. The molecule has 0 aliphatic rings. The lowest BCUT2D eigenvalue weighted by atomic mass is 9.93. The SMILES string of the molecule is Cc1cc(C)n2c(SCC(=O)N[C@H](c3ccc(C(C)C)cc3)C(C)C)nnc2n1. The molecule has 3 rings (SSSR count). The van der Waals surface area contributed by atoms with Crippen LogP contribution >= 0.6 is 11.8 Å². The molecule has 7 heteroatoms. The van der Waals surface area contributed by atoms with Gasteiger partial charge in [0.25, 0.3) is 5.78 Å². The van der Waals surface area contributed by atoms with Gasteiger partial charge in [0.1, 0.15) is 0 Å². The van der Waals surface area contributed by atoms with Crippen LogP contribution in [0.2, 0.25) is 0 Å². The third kappa shape index (κ3) is 4.96. The molecule has 0 unspecified atom stereocenters. The second-order valence-corrected chi connectivity index (χ2v) is 9.00. The smallest absolute Gasteiger partial charge is 0.256 e. The van der Waals surface area contributed by atoms with Crippen LogP contribution in [0.1, 0.15) is 62.2 Å². The van der Waals surface area contributed by atoms with Gasteiger partial charge in [-0.3, -0.25) is 9.20 Å². The summed E-state index contributed by atoms with van der Waals surface area (Å²) in [6, 6.07) is 10.5. The fourth-order valence-electron chi connectivity index (χ4n) is 3.36. The molecule has 0 fully saturated rings. The van der Waals surface area contributed by atoms with E-state index in [2.05, 4.69) is 72.5 Å². The molecular weight excluding hydrogens is 382 g/mol. The van der Waals surface area contributed by atoms with E-state index < -0.39 is 0 Å². The van der Waals surface area contributed by atoms with Crippen molar-refractivity contribution in [2.24, 2.45) is 5.92 Å². The second-order valence-electron chi connectivity index (χ2n) is 8.06. The van der Waals surface area contributed by atoms with Gasteiger partial charge in [0.2, 0.25) is 5.91 Å². The van der Waals surface area contributed by atoms with Gasteiger partial charge in [0, 0.05) is 11.4 Å². The number of nitrogens with zero attached hydrogens (tertiary/aromatic N) is 4. The Bertz CT molecular complexity index is 994. The molecule has 2 aromatic heterocycles. The van der Waals surface area contributed by atoms with E-state index in [-0.39, 0.29) is 23.6 Å². The van der Waals surface area contributed by atoms with Crippen molar-refractivity contribution in [3.63, 3.8) is 0 Å². The number of benzene rings is 1. The molecule has 1 aromatic carbocycles. The fraction of sp³-hybridized carbons (Fsp3) is 0.455. The van der Waals surface area contributed by atoms with E-state index in [0.717, 1.165) is 17.0 Å². The van der Waals surface area contributed by atoms with E-state index in [1.165, 1.54) is 17.3 Å². The number of carbonyl (C=O) groups excluding carboxylic acids is 1. The first-order chi connectivity index (χ1) is 13.8. The Balaban J connectivity index is 1.68. The van der Waals surface area contributed by atoms with Crippen LogP contribution in [0.5, 0.6) is 0 Å². The van der Waals surface area contributed by atoms with Gasteiger partial charge < -0.3 is 5.32 Å². The third-order valence-corrected chi connectivity index (χ3v) is 5.87. The van der Waals surface area contributed by atoms with Crippen molar-refractivity contribution in [2.45, 2.75) is 58.7 Å². The van der Waals surface area contributed by atoms with Crippen molar-refractivity contribution in [3.05, 3.63) is 52.8 Å². The number of aromatic nitrogens is 4. The van der Waals surface area contributed by atoms with E-state index in [1.807, 2.05) is 24.3 Å². The summed E-state index contributed by atoms with van der Waals surface area (Å²) < 4.78 is 1.88. The van der Waals surface area contributed by atoms with Gasteiger partial charge >= 0.3 is 0 Å². The van der Waals surface area contributed by atoms with E-state index in [1.54, 1.807) is 0 Å². The number of fused-ring (bicyclic) bond motifs is 1. The molecule has 0 bridgehead atoms. The number of carbonyl (C=O) groups is 1. The van der Waals surface area contributed by atoms with Crippen LogP contribution in [0.25, 0.3) is 5.78 Å². The maximum absolute atomic E-state index is 12.7. The van der Waals surface area contributed by atoms with E-state index in [9.17, 15) is 4.79 Å². The fourth-order valence-corrected chi connectivity index (χ4v) is 4.16. The van der Waals surface area contributed by atoms with Crippen molar-refractivity contribution in [3.8, 4) is 0 Å². The van der Waals surface area contributed by atoms with Crippen LogP contribution in [-0.2, 0) is 4.79 Å². The molecule has 29 heavy (non-hydrogen) atoms. The highest BCUT2D eigenvalue weighted by Gasteiger charge is 2.19. The molecule has 0 aliphatic carbocycles. The van der Waals surface area contributed by atoms with Gasteiger partial charge in [0.15, 0.2) is 5.16 Å². The Hall–Kier alpha value is -2.41. The highest BCUT2D eigenvalue weighted by Crippen LogP contribution is 2.25. The molecule has 0 aliphatic heterocycles. The lowest BCUT2D eigenvalue weighted by molar-refractivity contribution is -0.119. The molecule has 154 valence electrons. The van der Waals surface area contributed by atoms with Crippen LogP contribution in [-0.4, -0.2) is 31.2 Å². The van der Waals surface area contributed by atoms with Crippen LogP contribution in [0, 0.1) is 19.8 Å². The zero-order valence-electron chi connectivity index (χ0n) is 17.9. The molecule has 0 spiro atoms. The Morgan fingerprint density at radius 2 is 1.72 bits per heavy atom. The van der Waals surface area contributed by atoms with Gasteiger partial charge in [-0.1, -0.05) is 63.7 Å². The Labute approximate surface area is 176 Å².